The molecular weight excluding hydrogens is 228 g/mol. The fourth-order valence-electron chi connectivity index (χ4n) is 1.99. The van der Waals surface area contributed by atoms with Crippen LogP contribution >= 0.6 is 0 Å². The highest BCUT2D eigenvalue weighted by Crippen LogP contribution is 2.19. The second-order valence-corrected chi connectivity index (χ2v) is 4.54. The molecule has 102 valence electrons. The van der Waals surface area contributed by atoms with Gasteiger partial charge >= 0.3 is 0 Å². The minimum Gasteiger partial charge on any atom is -0.0902 e. The van der Waals surface area contributed by atoms with E-state index in [0.29, 0.717) is 0 Å². The van der Waals surface area contributed by atoms with Crippen molar-refractivity contribution in [2.24, 2.45) is 10.2 Å². The van der Waals surface area contributed by atoms with E-state index in [1.54, 1.807) is 0 Å². The Kier molecular flexibility index (Phi) is 11.2. The highest BCUT2D eigenvalue weighted by molar-refractivity contribution is 4.83. The first-order valence-corrected chi connectivity index (χ1v) is 6.88. The molecule has 0 N–H and O–H groups in total. The predicted octanol–water partition coefficient (Wildman–Crippen LogP) is 5.50. The maximum Gasteiger partial charge on any atom is 0.0458 e. The van der Waals surface area contributed by atoms with Gasteiger partial charge < -0.3 is 0 Å². The summed E-state index contributed by atoms with van der Waals surface area (Å²) in [4.78, 5) is 5.78. The van der Waals surface area contributed by atoms with Crippen LogP contribution in [0.4, 0.5) is 0 Å². The summed E-state index contributed by atoms with van der Waals surface area (Å²) in [6, 6.07) is -0.372. The lowest BCUT2D eigenvalue weighted by Crippen LogP contribution is -2.21. The van der Waals surface area contributed by atoms with Gasteiger partial charge in [0.25, 0.3) is 0 Å². The summed E-state index contributed by atoms with van der Waals surface area (Å²) in [5.41, 5.74) is 17.2. The summed E-state index contributed by atoms with van der Waals surface area (Å²) in [6.07, 6.45) is 8.17. The lowest BCUT2D eigenvalue weighted by molar-refractivity contribution is 0.435. The standard InChI is InChI=1S/C12H24N6/c1-3-5-7-9-11(15-17-13)12(16-18-14)10-8-6-4-2/h11-12H,3-10H2,1-2H3. The molecule has 0 spiro atoms. The summed E-state index contributed by atoms with van der Waals surface area (Å²) < 4.78 is 0. The summed E-state index contributed by atoms with van der Waals surface area (Å²) in [7, 11) is 0. The third-order valence-corrected chi connectivity index (χ3v) is 3.05. The monoisotopic (exact) mass is 252 g/mol. The Morgan fingerprint density at radius 1 is 0.778 bits per heavy atom. The second kappa shape index (κ2) is 12.1. The second-order valence-electron chi connectivity index (χ2n) is 4.54. The fourth-order valence-corrected chi connectivity index (χ4v) is 1.99. The molecule has 6 nitrogen and oxygen atoms in total. The van der Waals surface area contributed by atoms with Crippen molar-refractivity contribution in [3.8, 4) is 0 Å². The average molecular weight is 252 g/mol. The van der Waals surface area contributed by atoms with Crippen molar-refractivity contribution in [1.29, 1.82) is 0 Å². The van der Waals surface area contributed by atoms with Crippen LogP contribution in [0.1, 0.15) is 65.2 Å². The van der Waals surface area contributed by atoms with Crippen molar-refractivity contribution in [1.82, 2.24) is 0 Å². The molecule has 0 bridgehead atoms. The van der Waals surface area contributed by atoms with Crippen LogP contribution in [0.15, 0.2) is 10.2 Å². The van der Waals surface area contributed by atoms with Crippen molar-refractivity contribution in [2.45, 2.75) is 77.3 Å². The summed E-state index contributed by atoms with van der Waals surface area (Å²) in [5.74, 6) is 0. The molecule has 18 heavy (non-hydrogen) atoms. The van der Waals surface area contributed by atoms with Gasteiger partial charge in [-0.05, 0) is 23.9 Å². The molecular formula is C12H24N6. The molecule has 6 heteroatoms. The SMILES string of the molecule is CCCCCC(N=[N+]=[N-])C(CCCCC)N=[N+]=[N-]. The van der Waals surface area contributed by atoms with Gasteiger partial charge in [0.15, 0.2) is 0 Å². The molecule has 0 aliphatic rings. The van der Waals surface area contributed by atoms with E-state index in [9.17, 15) is 0 Å². The van der Waals surface area contributed by atoms with E-state index in [0.717, 1.165) is 51.4 Å². The molecule has 0 aliphatic heterocycles. The first-order chi connectivity index (χ1) is 8.79. The highest BCUT2D eigenvalue weighted by Gasteiger charge is 2.18. The Balaban J connectivity index is 4.43. The molecule has 0 saturated carbocycles. The number of rotatable bonds is 11. The number of hydrogen-bond acceptors (Lipinski definition) is 2. The van der Waals surface area contributed by atoms with Gasteiger partial charge in [-0.1, -0.05) is 62.6 Å². The van der Waals surface area contributed by atoms with E-state index in [4.69, 9.17) is 11.1 Å². The van der Waals surface area contributed by atoms with Gasteiger partial charge in [-0.3, -0.25) is 0 Å². The Hall–Kier alpha value is -1.38. The van der Waals surface area contributed by atoms with Gasteiger partial charge in [0, 0.05) is 21.9 Å². The van der Waals surface area contributed by atoms with Crippen LogP contribution in [0.25, 0.3) is 20.9 Å². The van der Waals surface area contributed by atoms with Gasteiger partial charge in [0.1, 0.15) is 0 Å². The summed E-state index contributed by atoms with van der Waals surface area (Å²) in [6.45, 7) is 4.27. The minimum atomic E-state index is -0.186. The molecule has 0 amide bonds. The van der Waals surface area contributed by atoms with E-state index in [1.807, 2.05) is 0 Å². The first kappa shape index (κ1) is 16.6. The fraction of sp³-hybridized carbons (Fsp3) is 1.00. The zero-order valence-corrected chi connectivity index (χ0v) is 11.5. The maximum atomic E-state index is 8.61. The van der Waals surface area contributed by atoms with Gasteiger partial charge in [0.05, 0.1) is 0 Å². The van der Waals surface area contributed by atoms with Gasteiger partial charge in [0.2, 0.25) is 0 Å². The van der Waals surface area contributed by atoms with Gasteiger partial charge in [-0.25, -0.2) is 0 Å². The van der Waals surface area contributed by atoms with Crippen molar-refractivity contribution in [3.63, 3.8) is 0 Å². The zero-order chi connectivity index (χ0) is 13.6. The van der Waals surface area contributed by atoms with E-state index in [1.165, 1.54) is 0 Å². The minimum absolute atomic E-state index is 0.186. The van der Waals surface area contributed by atoms with Crippen LogP contribution in [0, 0.1) is 0 Å². The molecule has 0 aromatic carbocycles. The molecule has 0 aliphatic carbocycles. The van der Waals surface area contributed by atoms with Crippen molar-refractivity contribution < 1.29 is 0 Å². The van der Waals surface area contributed by atoms with Crippen LogP contribution in [-0.4, -0.2) is 12.1 Å². The molecule has 0 fully saturated rings. The Morgan fingerprint density at radius 3 is 1.44 bits per heavy atom. The Morgan fingerprint density at radius 2 is 1.17 bits per heavy atom. The van der Waals surface area contributed by atoms with Crippen LogP contribution in [-0.2, 0) is 0 Å². The lowest BCUT2D eigenvalue weighted by atomic mass is 9.97. The van der Waals surface area contributed by atoms with Crippen LogP contribution in [0.3, 0.4) is 0 Å². The lowest BCUT2D eigenvalue weighted by Gasteiger charge is -2.18. The number of azide groups is 2. The molecule has 0 radical (unpaired) electrons. The van der Waals surface area contributed by atoms with Crippen molar-refractivity contribution >= 4 is 0 Å². The average Bonchev–Trinajstić information content (AvgIpc) is 2.37. The van der Waals surface area contributed by atoms with Crippen molar-refractivity contribution in [3.05, 3.63) is 20.9 Å². The topological polar surface area (TPSA) is 97.5 Å². The van der Waals surface area contributed by atoms with Crippen LogP contribution in [0.5, 0.6) is 0 Å². The molecule has 2 unspecified atom stereocenters. The zero-order valence-electron chi connectivity index (χ0n) is 11.5. The van der Waals surface area contributed by atoms with Crippen LogP contribution in [0.2, 0.25) is 0 Å². The number of hydrogen-bond donors (Lipinski definition) is 0. The number of nitrogens with zero attached hydrogens (tertiary/aromatic N) is 6. The number of unbranched alkanes of at least 4 members (excludes halogenated alkanes) is 4. The molecule has 0 heterocycles. The molecule has 0 aromatic heterocycles. The van der Waals surface area contributed by atoms with Crippen molar-refractivity contribution in [2.75, 3.05) is 0 Å². The predicted molar refractivity (Wildman–Crippen MR) is 74.2 cm³/mol. The third-order valence-electron chi connectivity index (χ3n) is 3.05. The van der Waals surface area contributed by atoms with E-state index in [2.05, 4.69) is 33.9 Å². The summed E-state index contributed by atoms with van der Waals surface area (Å²) in [5, 5.41) is 7.62. The smallest absolute Gasteiger partial charge is 0.0458 e. The summed E-state index contributed by atoms with van der Waals surface area (Å²) >= 11 is 0. The van der Waals surface area contributed by atoms with E-state index >= 15 is 0 Å². The van der Waals surface area contributed by atoms with Gasteiger partial charge in [-0.2, -0.15) is 0 Å². The normalized spacial score (nSPS) is 13.2. The first-order valence-electron chi connectivity index (χ1n) is 6.88. The van der Waals surface area contributed by atoms with E-state index in [-0.39, 0.29) is 12.1 Å². The molecule has 0 aromatic rings. The molecule has 2 atom stereocenters. The maximum absolute atomic E-state index is 8.61. The molecule has 0 rings (SSSR count). The quantitative estimate of drug-likeness (QED) is 0.200. The van der Waals surface area contributed by atoms with Gasteiger partial charge in [-0.15, -0.1) is 0 Å². The third kappa shape index (κ3) is 7.82. The Labute approximate surface area is 109 Å². The highest BCUT2D eigenvalue weighted by atomic mass is 15.2. The molecule has 0 saturated heterocycles. The van der Waals surface area contributed by atoms with Crippen LogP contribution < -0.4 is 0 Å². The van der Waals surface area contributed by atoms with E-state index < -0.39 is 0 Å². The largest absolute Gasteiger partial charge is 0.0902 e. The Bertz CT molecular complexity index is 261.